The molecular formula is C16H17NO4S. The smallest absolute Gasteiger partial charge is 0.348 e. The van der Waals surface area contributed by atoms with Crippen LogP contribution in [0.25, 0.3) is 6.08 Å². The van der Waals surface area contributed by atoms with Crippen molar-refractivity contribution in [2.24, 2.45) is 0 Å². The fraction of sp³-hybridized carbons (Fsp3) is 0.250. The number of furan rings is 1. The summed E-state index contributed by atoms with van der Waals surface area (Å²) < 4.78 is 10.3. The average Bonchev–Trinajstić information content (AvgIpc) is 3.03. The maximum Gasteiger partial charge on any atom is 0.348 e. The molecule has 2 aromatic heterocycles. The Labute approximate surface area is 132 Å². The van der Waals surface area contributed by atoms with E-state index in [2.05, 4.69) is 5.32 Å². The van der Waals surface area contributed by atoms with E-state index >= 15 is 0 Å². The summed E-state index contributed by atoms with van der Waals surface area (Å²) in [6.45, 7) is 5.72. The highest BCUT2D eigenvalue weighted by Crippen LogP contribution is 2.27. The van der Waals surface area contributed by atoms with Crippen LogP contribution in [0.4, 0.5) is 5.00 Å². The molecule has 2 rings (SSSR count). The van der Waals surface area contributed by atoms with E-state index in [0.29, 0.717) is 22.2 Å². The zero-order valence-corrected chi connectivity index (χ0v) is 13.5. The predicted octanol–water partition coefficient (Wildman–Crippen LogP) is 3.79. The zero-order valence-electron chi connectivity index (χ0n) is 12.6. The van der Waals surface area contributed by atoms with Crippen LogP contribution in [-0.4, -0.2) is 18.5 Å². The number of hydrogen-bond acceptors (Lipinski definition) is 5. The van der Waals surface area contributed by atoms with Crippen LogP contribution >= 0.6 is 11.3 Å². The molecule has 0 atom stereocenters. The standard InChI is InChI=1S/C16H17NO4S/c1-4-20-16(19)15-10(2)9-14(22-15)17-13(18)8-7-12-6-5-11(3)21-12/h5-9H,4H2,1-3H3,(H,17,18). The summed E-state index contributed by atoms with van der Waals surface area (Å²) >= 11 is 1.20. The molecule has 0 spiro atoms. The van der Waals surface area contributed by atoms with Crippen molar-refractivity contribution in [1.82, 2.24) is 0 Å². The van der Waals surface area contributed by atoms with Crippen molar-refractivity contribution < 1.29 is 18.7 Å². The lowest BCUT2D eigenvalue weighted by Gasteiger charge is -1.99. The molecule has 0 bridgehead atoms. The van der Waals surface area contributed by atoms with E-state index in [-0.39, 0.29) is 11.9 Å². The Morgan fingerprint density at radius 3 is 2.77 bits per heavy atom. The van der Waals surface area contributed by atoms with E-state index in [9.17, 15) is 9.59 Å². The lowest BCUT2D eigenvalue weighted by molar-refractivity contribution is -0.111. The molecule has 0 aliphatic carbocycles. The van der Waals surface area contributed by atoms with Crippen LogP contribution in [0.5, 0.6) is 0 Å². The van der Waals surface area contributed by atoms with Gasteiger partial charge in [-0.25, -0.2) is 4.79 Å². The number of thiophene rings is 1. The van der Waals surface area contributed by atoms with E-state index in [4.69, 9.17) is 9.15 Å². The van der Waals surface area contributed by atoms with Crippen molar-refractivity contribution in [2.75, 3.05) is 11.9 Å². The highest BCUT2D eigenvalue weighted by atomic mass is 32.1. The van der Waals surface area contributed by atoms with Crippen molar-refractivity contribution >= 4 is 34.3 Å². The van der Waals surface area contributed by atoms with Gasteiger partial charge in [0.1, 0.15) is 16.4 Å². The van der Waals surface area contributed by atoms with Gasteiger partial charge in [0.25, 0.3) is 0 Å². The SMILES string of the molecule is CCOC(=O)c1sc(NC(=O)C=Cc2ccc(C)o2)cc1C. The number of esters is 1. The van der Waals surface area contributed by atoms with Gasteiger partial charge in [0, 0.05) is 6.08 Å². The minimum Gasteiger partial charge on any atom is -0.462 e. The third-order valence-electron chi connectivity index (χ3n) is 2.79. The Morgan fingerprint density at radius 2 is 2.14 bits per heavy atom. The zero-order chi connectivity index (χ0) is 16.1. The first-order valence-corrected chi connectivity index (χ1v) is 7.64. The highest BCUT2D eigenvalue weighted by Gasteiger charge is 2.15. The van der Waals surface area contributed by atoms with Gasteiger partial charge in [0.05, 0.1) is 11.6 Å². The first-order chi connectivity index (χ1) is 10.5. The third-order valence-corrected chi connectivity index (χ3v) is 3.92. The second kappa shape index (κ2) is 7.09. The fourth-order valence-corrected chi connectivity index (χ4v) is 2.78. The molecule has 0 aromatic carbocycles. The summed E-state index contributed by atoms with van der Waals surface area (Å²) in [5, 5.41) is 3.32. The molecule has 6 heteroatoms. The van der Waals surface area contributed by atoms with Gasteiger partial charge in [-0.3, -0.25) is 4.79 Å². The summed E-state index contributed by atoms with van der Waals surface area (Å²) in [4.78, 5) is 24.1. The molecule has 5 nitrogen and oxygen atoms in total. The number of anilines is 1. The van der Waals surface area contributed by atoms with E-state index in [1.165, 1.54) is 17.4 Å². The van der Waals surface area contributed by atoms with Gasteiger partial charge in [-0.15, -0.1) is 11.3 Å². The van der Waals surface area contributed by atoms with Gasteiger partial charge >= 0.3 is 5.97 Å². The Bertz CT molecular complexity index is 712. The van der Waals surface area contributed by atoms with E-state index in [1.807, 2.05) is 13.0 Å². The minimum absolute atomic E-state index is 0.286. The van der Waals surface area contributed by atoms with E-state index < -0.39 is 0 Å². The molecule has 0 saturated carbocycles. The van der Waals surface area contributed by atoms with Gasteiger partial charge in [-0.05, 0) is 50.6 Å². The lowest BCUT2D eigenvalue weighted by Crippen LogP contribution is -2.06. The van der Waals surface area contributed by atoms with Gasteiger partial charge in [0.15, 0.2) is 0 Å². The monoisotopic (exact) mass is 319 g/mol. The van der Waals surface area contributed by atoms with Crippen LogP contribution in [0.3, 0.4) is 0 Å². The molecule has 0 saturated heterocycles. The molecule has 0 radical (unpaired) electrons. The summed E-state index contributed by atoms with van der Waals surface area (Å²) in [5.41, 5.74) is 0.782. The molecule has 2 aromatic rings. The molecule has 1 N–H and O–H groups in total. The molecule has 0 aliphatic rings. The Morgan fingerprint density at radius 1 is 1.36 bits per heavy atom. The largest absolute Gasteiger partial charge is 0.462 e. The number of nitrogens with one attached hydrogen (secondary N) is 1. The Balaban J connectivity index is 2.01. The van der Waals surface area contributed by atoms with Crippen molar-refractivity contribution in [3.05, 3.63) is 46.2 Å². The molecule has 22 heavy (non-hydrogen) atoms. The van der Waals surface area contributed by atoms with Gasteiger partial charge in [0.2, 0.25) is 5.91 Å². The maximum absolute atomic E-state index is 11.9. The summed E-state index contributed by atoms with van der Waals surface area (Å²) in [6, 6.07) is 5.36. The number of carbonyl (C=O) groups is 2. The third kappa shape index (κ3) is 4.08. The molecule has 2 heterocycles. The maximum atomic E-state index is 11.9. The topological polar surface area (TPSA) is 68.5 Å². The van der Waals surface area contributed by atoms with Crippen molar-refractivity contribution in [1.29, 1.82) is 0 Å². The van der Waals surface area contributed by atoms with Crippen molar-refractivity contribution in [3.63, 3.8) is 0 Å². The molecule has 116 valence electrons. The highest BCUT2D eigenvalue weighted by molar-refractivity contribution is 7.18. The molecular weight excluding hydrogens is 302 g/mol. The number of amides is 1. The van der Waals surface area contributed by atoms with E-state index in [0.717, 1.165) is 11.3 Å². The van der Waals surface area contributed by atoms with Crippen LogP contribution in [-0.2, 0) is 9.53 Å². The quantitative estimate of drug-likeness (QED) is 0.672. The van der Waals surface area contributed by atoms with Crippen LogP contribution in [0, 0.1) is 13.8 Å². The minimum atomic E-state index is -0.368. The first kappa shape index (κ1) is 16.0. The number of carbonyl (C=O) groups excluding carboxylic acids is 2. The van der Waals surface area contributed by atoms with E-state index in [1.54, 1.807) is 32.1 Å². The Hall–Kier alpha value is -2.34. The summed E-state index contributed by atoms with van der Waals surface area (Å²) in [7, 11) is 0. The van der Waals surface area contributed by atoms with Crippen LogP contribution in [0.1, 0.15) is 33.7 Å². The van der Waals surface area contributed by atoms with Gasteiger partial charge < -0.3 is 14.5 Å². The predicted molar refractivity (Wildman–Crippen MR) is 86.1 cm³/mol. The lowest BCUT2D eigenvalue weighted by atomic mass is 10.3. The summed E-state index contributed by atoms with van der Waals surface area (Å²) in [5.74, 6) is 0.744. The van der Waals surface area contributed by atoms with Crippen LogP contribution < -0.4 is 5.32 Å². The number of rotatable bonds is 5. The number of hydrogen-bond donors (Lipinski definition) is 1. The van der Waals surface area contributed by atoms with Crippen LogP contribution in [0.2, 0.25) is 0 Å². The fourth-order valence-electron chi connectivity index (χ4n) is 1.81. The second-order valence-corrected chi connectivity index (χ2v) is 5.67. The van der Waals surface area contributed by atoms with Gasteiger partial charge in [-0.1, -0.05) is 0 Å². The Kier molecular flexibility index (Phi) is 5.16. The normalized spacial score (nSPS) is 10.9. The average molecular weight is 319 g/mol. The van der Waals surface area contributed by atoms with Gasteiger partial charge in [-0.2, -0.15) is 0 Å². The first-order valence-electron chi connectivity index (χ1n) is 6.82. The molecule has 0 fully saturated rings. The second-order valence-electron chi connectivity index (χ2n) is 4.61. The molecule has 0 aliphatic heterocycles. The number of ether oxygens (including phenoxy) is 1. The molecule has 1 amide bonds. The van der Waals surface area contributed by atoms with Crippen molar-refractivity contribution in [3.8, 4) is 0 Å². The van der Waals surface area contributed by atoms with Crippen molar-refractivity contribution in [2.45, 2.75) is 20.8 Å². The van der Waals surface area contributed by atoms with Crippen LogP contribution in [0.15, 0.2) is 28.7 Å². The summed E-state index contributed by atoms with van der Waals surface area (Å²) in [6.07, 6.45) is 2.98. The molecule has 0 unspecified atom stereocenters. The number of aryl methyl sites for hydroxylation is 2.